The van der Waals surface area contributed by atoms with Crippen molar-refractivity contribution in [2.24, 2.45) is 0 Å². The van der Waals surface area contributed by atoms with Crippen molar-refractivity contribution in [1.82, 2.24) is 9.55 Å². The van der Waals surface area contributed by atoms with Crippen LogP contribution in [-0.4, -0.2) is 45.5 Å². The van der Waals surface area contributed by atoms with Crippen molar-refractivity contribution in [2.45, 2.75) is 38.7 Å². The Morgan fingerprint density at radius 2 is 2.23 bits per heavy atom. The van der Waals surface area contributed by atoms with E-state index in [1.807, 2.05) is 5.48 Å². The maximum Gasteiger partial charge on any atom is 0.351 e. The Bertz CT molecular complexity index is 764. The molecular weight excluding hydrogens is 414 g/mol. The summed E-state index contributed by atoms with van der Waals surface area (Å²) in [6.45, 7) is 2.48. The Hall–Kier alpha value is -2.24. The third-order valence-corrected chi connectivity index (χ3v) is 3.80. The highest BCUT2D eigenvalue weighted by atomic mass is 79.9. The van der Waals surface area contributed by atoms with E-state index in [9.17, 15) is 14.4 Å². The molecule has 2 rings (SSSR count). The number of aromatic nitrogens is 2. The van der Waals surface area contributed by atoms with E-state index in [4.69, 9.17) is 19.4 Å². The number of ether oxygens (including phenoxy) is 3. The number of rotatable bonds is 6. The van der Waals surface area contributed by atoms with Crippen LogP contribution in [-0.2, 0) is 23.8 Å². The van der Waals surface area contributed by atoms with E-state index in [-0.39, 0.29) is 18.8 Å². The summed E-state index contributed by atoms with van der Waals surface area (Å²) in [7, 11) is 0. The van der Waals surface area contributed by atoms with Gasteiger partial charge in [0.2, 0.25) is 0 Å². The number of halogens is 1. The average molecular weight is 432 g/mol. The Morgan fingerprint density at radius 3 is 2.81 bits per heavy atom. The molecule has 2 N–H and O–H groups in total. The van der Waals surface area contributed by atoms with E-state index in [2.05, 4.69) is 20.9 Å². The zero-order valence-electron chi connectivity index (χ0n) is 14.0. The van der Waals surface area contributed by atoms with Gasteiger partial charge in [0.25, 0.3) is 0 Å². The summed E-state index contributed by atoms with van der Waals surface area (Å²) in [5, 5.41) is 9.10. The minimum atomic E-state index is -0.949. The van der Waals surface area contributed by atoms with E-state index in [1.54, 1.807) is 6.08 Å². The van der Waals surface area contributed by atoms with Crippen LogP contribution in [0.15, 0.2) is 16.0 Å². The number of esters is 2. The summed E-state index contributed by atoms with van der Waals surface area (Å²) in [6.07, 6.45) is 0.935. The number of carbonyl (C=O) groups is 2. The van der Waals surface area contributed by atoms with Gasteiger partial charge in [0, 0.05) is 32.0 Å². The van der Waals surface area contributed by atoms with Crippen LogP contribution in [0.3, 0.4) is 0 Å². The van der Waals surface area contributed by atoms with Crippen LogP contribution in [0.25, 0.3) is 6.08 Å². The van der Waals surface area contributed by atoms with Gasteiger partial charge in [-0.3, -0.25) is 24.8 Å². The second-order valence-electron chi connectivity index (χ2n) is 5.47. The minimum absolute atomic E-state index is 0.0315. The third-order valence-electron chi connectivity index (χ3n) is 3.54. The van der Waals surface area contributed by atoms with Gasteiger partial charge in [0.1, 0.15) is 12.7 Å². The van der Waals surface area contributed by atoms with Crippen LogP contribution >= 0.6 is 15.9 Å². The fourth-order valence-electron chi connectivity index (χ4n) is 2.54. The predicted molar refractivity (Wildman–Crippen MR) is 92.6 cm³/mol. The molecule has 1 saturated heterocycles. The van der Waals surface area contributed by atoms with Crippen LogP contribution in [0.4, 0.5) is 5.82 Å². The number of nitrogens with zero attached hydrogens (tertiary/aromatic N) is 2. The first-order valence-corrected chi connectivity index (χ1v) is 8.53. The second kappa shape index (κ2) is 8.92. The third kappa shape index (κ3) is 4.90. The zero-order chi connectivity index (χ0) is 19.3. The first-order chi connectivity index (χ1) is 12.3. The Labute approximate surface area is 156 Å². The molecule has 2 heterocycles. The number of carbonyl (C=O) groups excluding carboxylic acids is 2. The quantitative estimate of drug-likeness (QED) is 0.503. The van der Waals surface area contributed by atoms with Crippen molar-refractivity contribution in [1.29, 1.82) is 0 Å². The lowest BCUT2D eigenvalue weighted by molar-refractivity contribution is -0.153. The molecule has 3 atom stereocenters. The van der Waals surface area contributed by atoms with Crippen LogP contribution < -0.4 is 11.2 Å². The van der Waals surface area contributed by atoms with Gasteiger partial charge in [0.05, 0.1) is 6.10 Å². The summed E-state index contributed by atoms with van der Waals surface area (Å²) in [4.78, 5) is 39.9. The van der Waals surface area contributed by atoms with Gasteiger partial charge in [0.15, 0.2) is 12.0 Å². The van der Waals surface area contributed by atoms with Crippen LogP contribution in [0.2, 0.25) is 0 Å². The number of hydrogen-bond donors (Lipinski definition) is 2. The fourth-order valence-corrected chi connectivity index (χ4v) is 2.83. The number of nitrogens with one attached hydrogen (secondary N) is 1. The first-order valence-electron chi connectivity index (χ1n) is 7.61. The van der Waals surface area contributed by atoms with Crippen molar-refractivity contribution in [3.8, 4) is 0 Å². The summed E-state index contributed by atoms with van der Waals surface area (Å²) in [5.74, 6) is -1.05. The smallest absolute Gasteiger partial charge is 0.351 e. The maximum atomic E-state index is 12.3. The topological polar surface area (TPSA) is 129 Å². The number of anilines is 1. The molecule has 0 spiro atoms. The highest BCUT2D eigenvalue weighted by Gasteiger charge is 2.40. The summed E-state index contributed by atoms with van der Waals surface area (Å²) in [6, 6.07) is 0. The van der Waals surface area contributed by atoms with E-state index in [0.29, 0.717) is 5.56 Å². The molecule has 142 valence electrons. The van der Waals surface area contributed by atoms with Crippen molar-refractivity contribution in [3.05, 3.63) is 27.2 Å². The molecule has 26 heavy (non-hydrogen) atoms. The van der Waals surface area contributed by atoms with Crippen molar-refractivity contribution in [3.63, 3.8) is 0 Å². The van der Waals surface area contributed by atoms with E-state index >= 15 is 0 Å². The highest BCUT2D eigenvalue weighted by Crippen LogP contribution is 2.31. The molecule has 0 saturated carbocycles. The predicted octanol–water partition coefficient (Wildman–Crippen LogP) is 1.19. The maximum absolute atomic E-state index is 12.3. The Morgan fingerprint density at radius 1 is 1.50 bits per heavy atom. The van der Waals surface area contributed by atoms with Crippen molar-refractivity contribution >= 4 is 39.8 Å². The van der Waals surface area contributed by atoms with Gasteiger partial charge in [-0.1, -0.05) is 15.9 Å². The first kappa shape index (κ1) is 20.1. The van der Waals surface area contributed by atoms with Crippen molar-refractivity contribution in [2.75, 3.05) is 12.1 Å². The van der Waals surface area contributed by atoms with E-state index < -0.39 is 36.1 Å². The van der Waals surface area contributed by atoms with Crippen molar-refractivity contribution < 1.29 is 29.0 Å². The molecular formula is C15H18BrN3O7. The molecule has 0 unspecified atom stereocenters. The Balaban J connectivity index is 2.35. The lowest BCUT2D eigenvalue weighted by Gasteiger charge is -2.21. The van der Waals surface area contributed by atoms with E-state index in [1.165, 1.54) is 25.0 Å². The molecule has 0 amide bonds. The SMILES string of the molecule is CC(=O)OC[C@@H]1C[C@@H](OC(C)=O)[C@H](n2cc(C=CBr)c(NO)nc2=O)O1. The second-order valence-corrected chi connectivity index (χ2v) is 6.00. The molecule has 1 aromatic heterocycles. The molecule has 11 heteroatoms. The lowest BCUT2D eigenvalue weighted by Crippen LogP contribution is -2.34. The molecule has 1 fully saturated rings. The molecule has 0 aromatic carbocycles. The minimum Gasteiger partial charge on any atom is -0.463 e. The fraction of sp³-hybridized carbons (Fsp3) is 0.467. The Kier molecular flexibility index (Phi) is 6.89. The molecule has 1 aromatic rings. The van der Waals surface area contributed by atoms with Gasteiger partial charge in [-0.05, 0) is 11.1 Å². The highest BCUT2D eigenvalue weighted by molar-refractivity contribution is 9.11. The van der Waals surface area contributed by atoms with Crippen LogP contribution in [0, 0.1) is 0 Å². The molecule has 1 aliphatic rings. The standard InChI is InChI=1S/C15H18BrN3O7/c1-8(20)24-7-11-5-12(25-9(2)21)14(26-11)19-6-10(3-4-16)13(18-23)17-15(19)22/h3-4,6,11-12,14,23H,5,7H2,1-2H3,(H,17,18,22)/t11-,12+,14+/m0/s1. The van der Waals surface area contributed by atoms with Gasteiger partial charge in [-0.2, -0.15) is 4.98 Å². The van der Waals surface area contributed by atoms with Crippen LogP contribution in [0.1, 0.15) is 32.1 Å². The molecule has 0 bridgehead atoms. The summed E-state index contributed by atoms with van der Waals surface area (Å²) >= 11 is 3.11. The van der Waals surface area contributed by atoms with Crippen LogP contribution in [0.5, 0.6) is 0 Å². The van der Waals surface area contributed by atoms with Gasteiger partial charge >= 0.3 is 17.6 Å². The molecule has 10 nitrogen and oxygen atoms in total. The summed E-state index contributed by atoms with van der Waals surface area (Å²) in [5.41, 5.74) is 1.51. The average Bonchev–Trinajstić information content (AvgIpc) is 2.96. The zero-order valence-corrected chi connectivity index (χ0v) is 15.6. The summed E-state index contributed by atoms with van der Waals surface area (Å²) < 4.78 is 17.1. The van der Waals surface area contributed by atoms with Gasteiger partial charge in [-0.15, -0.1) is 0 Å². The number of hydrogen-bond acceptors (Lipinski definition) is 9. The normalized spacial score (nSPS) is 22.4. The van der Waals surface area contributed by atoms with Gasteiger partial charge < -0.3 is 14.2 Å². The van der Waals surface area contributed by atoms with E-state index in [0.717, 1.165) is 4.57 Å². The molecule has 0 radical (unpaired) electrons. The molecule has 1 aliphatic heterocycles. The largest absolute Gasteiger partial charge is 0.463 e. The van der Waals surface area contributed by atoms with Gasteiger partial charge in [-0.25, -0.2) is 4.79 Å². The monoisotopic (exact) mass is 431 g/mol. The lowest BCUT2D eigenvalue weighted by atomic mass is 10.2. The molecule has 0 aliphatic carbocycles.